The Labute approximate surface area is 84.7 Å². The van der Waals surface area contributed by atoms with E-state index >= 15 is 0 Å². The lowest BCUT2D eigenvalue weighted by atomic mass is 10.1. The molecule has 2 heteroatoms. The molecule has 0 aliphatic heterocycles. The van der Waals surface area contributed by atoms with Gasteiger partial charge in [-0.1, -0.05) is 30.3 Å². The summed E-state index contributed by atoms with van der Waals surface area (Å²) in [6.45, 7) is 0.788. The molecule has 1 rings (SSSR count). The van der Waals surface area contributed by atoms with Crippen molar-refractivity contribution in [2.24, 2.45) is 0 Å². The summed E-state index contributed by atoms with van der Waals surface area (Å²) < 4.78 is 4.97. The van der Waals surface area contributed by atoms with Gasteiger partial charge in [0.1, 0.15) is 0 Å². The lowest BCUT2D eigenvalue weighted by Gasteiger charge is -2.08. The maximum atomic E-state index is 6.19. The fourth-order valence-corrected chi connectivity index (χ4v) is 1.54. The third-order valence-electron chi connectivity index (χ3n) is 1.97. The van der Waals surface area contributed by atoms with Gasteiger partial charge in [0.25, 0.3) is 0 Å². The van der Waals surface area contributed by atoms with Crippen molar-refractivity contribution in [2.45, 2.75) is 18.2 Å². The highest BCUT2D eigenvalue weighted by molar-refractivity contribution is 6.20. The Morgan fingerprint density at radius 2 is 2.00 bits per heavy atom. The minimum atomic E-state index is 0.122. The molecule has 13 heavy (non-hydrogen) atoms. The smallest absolute Gasteiger partial charge is 0.0586 e. The zero-order valence-electron chi connectivity index (χ0n) is 7.87. The van der Waals surface area contributed by atoms with Crippen LogP contribution in [0.5, 0.6) is 0 Å². The third kappa shape index (κ3) is 3.79. The summed E-state index contributed by atoms with van der Waals surface area (Å²) in [6.07, 6.45) is 1.99. The van der Waals surface area contributed by atoms with Crippen molar-refractivity contribution in [2.75, 3.05) is 13.7 Å². The average molecular weight is 199 g/mol. The molecule has 0 aliphatic rings. The fraction of sp³-hybridized carbons (Fsp3) is 0.455. The molecule has 72 valence electrons. The number of benzene rings is 1. The van der Waals surface area contributed by atoms with Crippen LogP contribution in [0.4, 0.5) is 0 Å². The normalized spacial score (nSPS) is 12.8. The number of ether oxygens (including phenoxy) is 1. The molecule has 1 atom stereocenters. The van der Waals surface area contributed by atoms with Gasteiger partial charge in [0, 0.05) is 13.7 Å². The highest BCUT2D eigenvalue weighted by atomic mass is 35.5. The zero-order chi connectivity index (χ0) is 9.52. The van der Waals surface area contributed by atoms with Gasteiger partial charge in [0.05, 0.1) is 5.38 Å². The van der Waals surface area contributed by atoms with Crippen molar-refractivity contribution in [3.05, 3.63) is 35.9 Å². The summed E-state index contributed by atoms with van der Waals surface area (Å²) in [6, 6.07) is 10.2. The van der Waals surface area contributed by atoms with E-state index in [1.165, 1.54) is 5.56 Å². The van der Waals surface area contributed by atoms with Crippen LogP contribution in [-0.2, 0) is 4.74 Å². The largest absolute Gasteiger partial charge is 0.385 e. The van der Waals surface area contributed by atoms with Crippen molar-refractivity contribution < 1.29 is 4.74 Å². The van der Waals surface area contributed by atoms with Gasteiger partial charge < -0.3 is 4.74 Å². The van der Waals surface area contributed by atoms with Crippen LogP contribution >= 0.6 is 11.6 Å². The van der Waals surface area contributed by atoms with E-state index in [4.69, 9.17) is 16.3 Å². The zero-order valence-corrected chi connectivity index (χ0v) is 8.63. The molecular formula is C11H15ClO. The van der Waals surface area contributed by atoms with Gasteiger partial charge in [-0.3, -0.25) is 0 Å². The average Bonchev–Trinajstić information content (AvgIpc) is 2.19. The van der Waals surface area contributed by atoms with E-state index in [-0.39, 0.29) is 5.38 Å². The molecule has 1 aromatic carbocycles. The molecule has 0 bridgehead atoms. The summed E-state index contributed by atoms with van der Waals surface area (Å²) >= 11 is 6.19. The molecule has 0 fully saturated rings. The van der Waals surface area contributed by atoms with Crippen LogP contribution in [-0.4, -0.2) is 13.7 Å². The van der Waals surface area contributed by atoms with Gasteiger partial charge in [-0.25, -0.2) is 0 Å². The second kappa shape index (κ2) is 6.01. The van der Waals surface area contributed by atoms with Crippen LogP contribution in [0.25, 0.3) is 0 Å². The van der Waals surface area contributed by atoms with Gasteiger partial charge in [-0.05, 0) is 18.4 Å². The molecule has 0 N–H and O–H groups in total. The summed E-state index contributed by atoms with van der Waals surface area (Å²) in [5, 5.41) is 0.122. The van der Waals surface area contributed by atoms with Crippen LogP contribution in [0, 0.1) is 0 Å². The quantitative estimate of drug-likeness (QED) is 0.521. The molecule has 0 amide bonds. The third-order valence-corrected chi connectivity index (χ3v) is 2.44. The Bertz CT molecular complexity index is 223. The first-order valence-electron chi connectivity index (χ1n) is 4.52. The van der Waals surface area contributed by atoms with Crippen LogP contribution in [0.15, 0.2) is 30.3 Å². The number of halogens is 1. The molecule has 0 radical (unpaired) electrons. The molecule has 1 nitrogen and oxygen atoms in total. The Morgan fingerprint density at radius 3 is 2.62 bits per heavy atom. The van der Waals surface area contributed by atoms with E-state index in [2.05, 4.69) is 12.1 Å². The molecule has 1 unspecified atom stereocenters. The molecular weight excluding hydrogens is 184 g/mol. The first-order chi connectivity index (χ1) is 6.34. The maximum Gasteiger partial charge on any atom is 0.0586 e. The van der Waals surface area contributed by atoms with Crippen LogP contribution in [0.1, 0.15) is 23.8 Å². The Balaban J connectivity index is 2.35. The second-order valence-electron chi connectivity index (χ2n) is 3.01. The van der Waals surface area contributed by atoms with Crippen molar-refractivity contribution in [1.29, 1.82) is 0 Å². The Hall–Kier alpha value is -0.530. The first kappa shape index (κ1) is 10.6. The second-order valence-corrected chi connectivity index (χ2v) is 3.54. The lowest BCUT2D eigenvalue weighted by Crippen LogP contribution is -1.94. The topological polar surface area (TPSA) is 9.23 Å². The highest BCUT2D eigenvalue weighted by Gasteiger charge is 2.05. The highest BCUT2D eigenvalue weighted by Crippen LogP contribution is 2.24. The van der Waals surface area contributed by atoms with Crippen LogP contribution in [0.2, 0.25) is 0 Å². The first-order valence-corrected chi connectivity index (χ1v) is 4.96. The molecule has 0 aliphatic carbocycles. The monoisotopic (exact) mass is 198 g/mol. The van der Waals surface area contributed by atoms with Crippen LogP contribution in [0.3, 0.4) is 0 Å². The fourth-order valence-electron chi connectivity index (χ4n) is 1.24. The molecule has 0 spiro atoms. The summed E-state index contributed by atoms with van der Waals surface area (Å²) in [4.78, 5) is 0. The lowest BCUT2D eigenvalue weighted by molar-refractivity contribution is 0.192. The van der Waals surface area contributed by atoms with Crippen molar-refractivity contribution in [3.63, 3.8) is 0 Å². The van der Waals surface area contributed by atoms with Crippen molar-refractivity contribution in [1.82, 2.24) is 0 Å². The van der Waals surface area contributed by atoms with Crippen LogP contribution < -0.4 is 0 Å². The van der Waals surface area contributed by atoms with Gasteiger partial charge in [-0.2, -0.15) is 0 Å². The number of hydrogen-bond acceptors (Lipinski definition) is 1. The van der Waals surface area contributed by atoms with E-state index in [0.717, 1.165) is 19.4 Å². The summed E-state index contributed by atoms with van der Waals surface area (Å²) in [7, 11) is 1.71. The van der Waals surface area contributed by atoms with E-state index in [0.29, 0.717) is 0 Å². The summed E-state index contributed by atoms with van der Waals surface area (Å²) in [5.41, 5.74) is 1.19. The summed E-state index contributed by atoms with van der Waals surface area (Å²) in [5.74, 6) is 0. The van der Waals surface area contributed by atoms with E-state index in [1.807, 2.05) is 18.2 Å². The van der Waals surface area contributed by atoms with E-state index in [1.54, 1.807) is 7.11 Å². The predicted molar refractivity (Wildman–Crippen MR) is 56.1 cm³/mol. The predicted octanol–water partition coefficient (Wildman–Crippen LogP) is 3.39. The number of rotatable bonds is 5. The Morgan fingerprint density at radius 1 is 1.31 bits per heavy atom. The van der Waals surface area contributed by atoms with Gasteiger partial charge >= 0.3 is 0 Å². The minimum absolute atomic E-state index is 0.122. The number of alkyl halides is 1. The van der Waals surface area contributed by atoms with Crippen molar-refractivity contribution in [3.8, 4) is 0 Å². The molecule has 1 aromatic rings. The van der Waals surface area contributed by atoms with Gasteiger partial charge in [0.2, 0.25) is 0 Å². The van der Waals surface area contributed by atoms with Gasteiger partial charge in [0.15, 0.2) is 0 Å². The molecule has 0 heterocycles. The number of methoxy groups -OCH3 is 1. The SMILES string of the molecule is COCCCC(Cl)c1ccccc1. The standard InChI is InChI=1S/C11H15ClO/c1-13-9-5-8-11(12)10-6-3-2-4-7-10/h2-4,6-7,11H,5,8-9H2,1H3. The van der Waals surface area contributed by atoms with Crippen molar-refractivity contribution >= 4 is 11.6 Å². The van der Waals surface area contributed by atoms with E-state index < -0.39 is 0 Å². The van der Waals surface area contributed by atoms with E-state index in [9.17, 15) is 0 Å². The minimum Gasteiger partial charge on any atom is -0.385 e. The Kier molecular flexibility index (Phi) is 4.87. The number of hydrogen-bond donors (Lipinski definition) is 0. The molecule has 0 saturated heterocycles. The molecule has 0 saturated carbocycles. The van der Waals surface area contributed by atoms with Gasteiger partial charge in [-0.15, -0.1) is 11.6 Å². The molecule has 0 aromatic heterocycles. The maximum absolute atomic E-state index is 6.19.